The number of ether oxygens (including phenoxy) is 3. The summed E-state index contributed by atoms with van der Waals surface area (Å²) in [5.74, 6) is -0.828. The first-order chi connectivity index (χ1) is 13.9. The first kappa shape index (κ1) is 20.1. The maximum absolute atomic E-state index is 12.0. The number of nitro groups is 1. The van der Waals surface area contributed by atoms with Gasteiger partial charge in [-0.15, -0.1) is 0 Å². The smallest absolute Gasteiger partial charge is 0.331 e. The van der Waals surface area contributed by atoms with Crippen molar-refractivity contribution >= 4 is 23.6 Å². The molecular weight excluding hydrogens is 382 g/mol. The molecular formula is C19H19N3O7. The lowest BCUT2D eigenvalue weighted by atomic mass is 9.83. The number of carbonyl (C=O) groups is 2. The maximum Gasteiger partial charge on any atom is 0.331 e. The Bertz CT molecular complexity index is 898. The van der Waals surface area contributed by atoms with Crippen LogP contribution in [0.15, 0.2) is 18.2 Å². The van der Waals surface area contributed by atoms with E-state index in [-0.39, 0.29) is 23.8 Å². The highest BCUT2D eigenvalue weighted by Gasteiger charge is 2.33. The number of amides is 1. The van der Waals surface area contributed by atoms with Gasteiger partial charge in [-0.3, -0.25) is 14.9 Å². The van der Waals surface area contributed by atoms with E-state index in [0.717, 1.165) is 25.3 Å². The Balaban J connectivity index is 1.58. The van der Waals surface area contributed by atoms with E-state index >= 15 is 0 Å². The molecule has 3 rings (SSSR count). The number of nitriles is 1. The Morgan fingerprint density at radius 2 is 1.97 bits per heavy atom. The lowest BCUT2D eigenvalue weighted by Gasteiger charge is -2.31. The second-order valence-corrected chi connectivity index (χ2v) is 6.77. The number of nitrogens with one attached hydrogen (secondary N) is 1. The van der Waals surface area contributed by atoms with E-state index in [2.05, 4.69) is 11.4 Å². The predicted molar refractivity (Wildman–Crippen MR) is 98.8 cm³/mol. The molecule has 0 atom stereocenters. The highest BCUT2D eigenvalue weighted by atomic mass is 16.7. The Hall–Kier alpha value is -3.61. The molecule has 152 valence electrons. The Labute approximate surface area is 166 Å². The molecule has 10 heteroatoms. The van der Waals surface area contributed by atoms with Crippen LogP contribution in [0.2, 0.25) is 0 Å². The molecule has 1 fully saturated rings. The minimum Gasteiger partial charge on any atom is -0.454 e. The number of benzene rings is 1. The number of nitrogens with zero attached hydrogens (tertiary/aromatic N) is 2. The molecule has 0 unspecified atom stereocenters. The van der Waals surface area contributed by atoms with Gasteiger partial charge >= 0.3 is 5.97 Å². The fourth-order valence-corrected chi connectivity index (χ4v) is 3.30. The van der Waals surface area contributed by atoms with Crippen LogP contribution in [0, 0.1) is 21.4 Å². The van der Waals surface area contributed by atoms with Crippen molar-refractivity contribution in [3.05, 3.63) is 33.9 Å². The zero-order valence-electron chi connectivity index (χ0n) is 15.5. The minimum absolute atomic E-state index is 0.0407. The van der Waals surface area contributed by atoms with E-state index < -0.39 is 28.9 Å². The number of rotatable bonds is 6. The SMILES string of the molecule is N#CC1(NC(=O)COC(=O)/C=C/c2cc3c(cc2[N+](=O)[O-])OCO3)CCCCC1. The van der Waals surface area contributed by atoms with E-state index in [1.165, 1.54) is 18.2 Å². The third-order valence-electron chi connectivity index (χ3n) is 4.76. The van der Waals surface area contributed by atoms with E-state index in [1.807, 2.05) is 0 Å². The molecule has 1 aliphatic carbocycles. The highest BCUT2D eigenvalue weighted by molar-refractivity contribution is 5.90. The summed E-state index contributed by atoms with van der Waals surface area (Å²) in [6.45, 7) is -0.586. The van der Waals surface area contributed by atoms with Crippen LogP contribution in [-0.4, -0.2) is 35.7 Å². The van der Waals surface area contributed by atoms with Crippen molar-refractivity contribution in [1.29, 1.82) is 5.26 Å². The molecule has 1 saturated carbocycles. The van der Waals surface area contributed by atoms with E-state index in [9.17, 15) is 25.0 Å². The summed E-state index contributed by atoms with van der Waals surface area (Å²) in [7, 11) is 0. The fraction of sp³-hybridized carbons (Fsp3) is 0.421. The van der Waals surface area contributed by atoms with Crippen molar-refractivity contribution in [1.82, 2.24) is 5.32 Å². The summed E-state index contributed by atoms with van der Waals surface area (Å²) in [5, 5.41) is 23.2. The predicted octanol–water partition coefficient (Wildman–Crippen LogP) is 2.22. The van der Waals surface area contributed by atoms with Crippen LogP contribution in [-0.2, 0) is 14.3 Å². The molecule has 1 amide bonds. The van der Waals surface area contributed by atoms with Gasteiger partial charge in [-0.2, -0.15) is 5.26 Å². The topological polar surface area (TPSA) is 141 Å². The van der Waals surface area contributed by atoms with Gasteiger partial charge in [0.2, 0.25) is 6.79 Å². The number of esters is 1. The van der Waals surface area contributed by atoms with Crippen molar-refractivity contribution in [2.75, 3.05) is 13.4 Å². The molecule has 0 aromatic heterocycles. The van der Waals surface area contributed by atoms with Gasteiger partial charge in [0, 0.05) is 6.08 Å². The number of fused-ring (bicyclic) bond motifs is 1. The number of nitro benzene ring substituents is 1. The van der Waals surface area contributed by atoms with E-state index in [1.54, 1.807) is 0 Å². The molecule has 29 heavy (non-hydrogen) atoms. The Kier molecular flexibility index (Phi) is 5.97. The van der Waals surface area contributed by atoms with Gasteiger partial charge in [0.05, 0.1) is 22.6 Å². The summed E-state index contributed by atoms with van der Waals surface area (Å²) in [6.07, 6.45) is 6.05. The average Bonchev–Trinajstić information content (AvgIpc) is 3.18. The van der Waals surface area contributed by atoms with Crippen LogP contribution in [0.3, 0.4) is 0 Å². The Morgan fingerprint density at radius 1 is 1.28 bits per heavy atom. The van der Waals surface area contributed by atoms with Crippen molar-refractivity contribution < 1.29 is 28.7 Å². The van der Waals surface area contributed by atoms with Gasteiger partial charge in [-0.05, 0) is 25.0 Å². The van der Waals surface area contributed by atoms with Crippen LogP contribution in [0.4, 0.5) is 5.69 Å². The van der Waals surface area contributed by atoms with Crippen molar-refractivity contribution in [2.45, 2.75) is 37.6 Å². The van der Waals surface area contributed by atoms with Crippen molar-refractivity contribution in [3.63, 3.8) is 0 Å². The molecule has 1 N–H and O–H groups in total. The van der Waals surface area contributed by atoms with Gasteiger partial charge < -0.3 is 19.5 Å². The number of hydrogen-bond donors (Lipinski definition) is 1. The number of hydrogen-bond acceptors (Lipinski definition) is 8. The average molecular weight is 401 g/mol. The second kappa shape index (κ2) is 8.60. The summed E-state index contributed by atoms with van der Waals surface area (Å²) in [6, 6.07) is 4.75. The van der Waals surface area contributed by atoms with Gasteiger partial charge in [0.1, 0.15) is 5.54 Å². The quantitative estimate of drug-likeness (QED) is 0.331. The normalized spacial score (nSPS) is 16.8. The fourth-order valence-electron chi connectivity index (χ4n) is 3.30. The lowest BCUT2D eigenvalue weighted by Crippen LogP contribution is -2.49. The standard InChI is InChI=1S/C19H19N3O7/c20-11-19(6-2-1-3-7-19)21-17(23)10-27-18(24)5-4-13-8-15-16(29-12-28-15)9-14(13)22(25)26/h4-5,8-9H,1-3,6-7,10,12H2,(H,21,23)/b5-4+. The second-order valence-electron chi connectivity index (χ2n) is 6.77. The molecule has 1 heterocycles. The largest absolute Gasteiger partial charge is 0.454 e. The molecule has 0 bridgehead atoms. The lowest BCUT2D eigenvalue weighted by molar-refractivity contribution is -0.385. The maximum atomic E-state index is 12.0. The zero-order chi connectivity index (χ0) is 20.9. The molecule has 1 aromatic carbocycles. The van der Waals surface area contributed by atoms with Gasteiger partial charge in [0.15, 0.2) is 18.1 Å². The third kappa shape index (κ3) is 4.82. The molecule has 0 spiro atoms. The van der Waals surface area contributed by atoms with Gasteiger partial charge in [-0.25, -0.2) is 4.79 Å². The summed E-state index contributed by atoms with van der Waals surface area (Å²) in [5.41, 5.74) is -1.04. The van der Waals surface area contributed by atoms with Crippen molar-refractivity contribution in [2.24, 2.45) is 0 Å². The minimum atomic E-state index is -0.912. The summed E-state index contributed by atoms with van der Waals surface area (Å²) >= 11 is 0. The van der Waals surface area contributed by atoms with Crippen molar-refractivity contribution in [3.8, 4) is 17.6 Å². The van der Waals surface area contributed by atoms with Gasteiger partial charge in [-0.1, -0.05) is 19.3 Å². The highest BCUT2D eigenvalue weighted by Crippen LogP contribution is 2.38. The molecule has 1 aromatic rings. The molecule has 0 radical (unpaired) electrons. The van der Waals surface area contributed by atoms with E-state index in [0.29, 0.717) is 18.6 Å². The van der Waals surface area contributed by atoms with Crippen LogP contribution < -0.4 is 14.8 Å². The first-order valence-corrected chi connectivity index (χ1v) is 9.08. The summed E-state index contributed by atoms with van der Waals surface area (Å²) < 4.78 is 15.2. The van der Waals surface area contributed by atoms with Gasteiger partial charge in [0.25, 0.3) is 11.6 Å². The van der Waals surface area contributed by atoms with E-state index in [4.69, 9.17) is 14.2 Å². The van der Waals surface area contributed by atoms with Crippen LogP contribution in [0.1, 0.15) is 37.7 Å². The zero-order valence-corrected chi connectivity index (χ0v) is 15.5. The number of carbonyl (C=O) groups excluding carboxylic acids is 2. The van der Waals surface area contributed by atoms with Crippen LogP contribution in [0.25, 0.3) is 6.08 Å². The molecule has 2 aliphatic rings. The monoisotopic (exact) mass is 401 g/mol. The molecule has 0 saturated heterocycles. The summed E-state index contributed by atoms with van der Waals surface area (Å²) in [4.78, 5) is 34.5. The van der Waals surface area contributed by atoms with Crippen LogP contribution >= 0.6 is 0 Å². The molecule has 1 aliphatic heterocycles. The third-order valence-corrected chi connectivity index (χ3v) is 4.76. The Morgan fingerprint density at radius 3 is 2.62 bits per heavy atom. The van der Waals surface area contributed by atoms with Crippen LogP contribution in [0.5, 0.6) is 11.5 Å². The molecule has 10 nitrogen and oxygen atoms in total. The first-order valence-electron chi connectivity index (χ1n) is 9.08.